The lowest BCUT2D eigenvalue weighted by atomic mass is 10.1. The Morgan fingerprint density at radius 2 is 1.92 bits per heavy atom. The van der Waals surface area contributed by atoms with Crippen LogP contribution in [-0.4, -0.2) is 26.2 Å². The minimum Gasteiger partial charge on any atom is -0.293 e. The van der Waals surface area contributed by atoms with Gasteiger partial charge in [-0.3, -0.25) is 9.89 Å². The molecule has 1 N–H and O–H groups in total. The smallest absolute Gasteiger partial charge is 0.209 e. The van der Waals surface area contributed by atoms with Crippen molar-refractivity contribution in [2.24, 2.45) is 0 Å². The molecule has 0 aliphatic heterocycles. The number of nitrogens with one attached hydrogen (secondary N) is 1. The van der Waals surface area contributed by atoms with Crippen molar-refractivity contribution in [1.29, 1.82) is 0 Å². The van der Waals surface area contributed by atoms with Crippen molar-refractivity contribution in [3.8, 4) is 11.4 Å². The molecular weight excluding hydrogens is 393 g/mol. The first kappa shape index (κ1) is 16.9. The molecule has 3 aromatic rings. The van der Waals surface area contributed by atoms with Crippen molar-refractivity contribution in [2.75, 3.05) is 0 Å². The second-order valence-corrected chi connectivity index (χ2v) is 7.30. The highest BCUT2D eigenvalue weighted by molar-refractivity contribution is 9.10. The van der Waals surface area contributed by atoms with Gasteiger partial charge < -0.3 is 0 Å². The van der Waals surface area contributed by atoms with Gasteiger partial charge in [-0.05, 0) is 31.2 Å². The molecule has 0 bridgehead atoms. The molecule has 4 nitrogen and oxygen atoms in total. The maximum Gasteiger partial charge on any atom is 0.209 e. The molecule has 0 saturated heterocycles. The summed E-state index contributed by atoms with van der Waals surface area (Å²) in [6, 6.07) is 13.5. The normalized spacial score (nSPS) is 12.1. The number of rotatable bonds is 5. The Balaban J connectivity index is 1.73. The fourth-order valence-electron chi connectivity index (χ4n) is 2.13. The van der Waals surface area contributed by atoms with Gasteiger partial charge in [-0.15, -0.1) is 5.10 Å². The topological polar surface area (TPSA) is 58.6 Å². The molecule has 0 spiro atoms. The molecule has 7 heteroatoms. The number of carbonyl (C=O) groups excluding carboxylic acids is 1. The number of benzene rings is 2. The van der Waals surface area contributed by atoms with Crippen LogP contribution in [0, 0.1) is 5.82 Å². The Morgan fingerprint density at radius 3 is 2.62 bits per heavy atom. The van der Waals surface area contributed by atoms with Crippen LogP contribution >= 0.6 is 27.7 Å². The lowest BCUT2D eigenvalue weighted by Gasteiger charge is -2.07. The van der Waals surface area contributed by atoms with Crippen molar-refractivity contribution in [2.45, 2.75) is 17.3 Å². The van der Waals surface area contributed by atoms with Crippen molar-refractivity contribution < 1.29 is 9.18 Å². The third-order valence-corrected chi connectivity index (χ3v) is 4.86. The quantitative estimate of drug-likeness (QED) is 0.491. The highest BCUT2D eigenvalue weighted by atomic mass is 79.9. The second-order valence-electron chi connectivity index (χ2n) is 5.08. The highest BCUT2D eigenvalue weighted by Gasteiger charge is 2.19. The zero-order valence-corrected chi connectivity index (χ0v) is 15.1. The van der Waals surface area contributed by atoms with E-state index in [0.29, 0.717) is 22.1 Å². The van der Waals surface area contributed by atoms with Crippen LogP contribution in [0.2, 0.25) is 0 Å². The minimum absolute atomic E-state index is 0.00950. The predicted molar refractivity (Wildman–Crippen MR) is 95.6 cm³/mol. The zero-order valence-electron chi connectivity index (χ0n) is 12.7. The summed E-state index contributed by atoms with van der Waals surface area (Å²) in [5, 5.41) is 6.84. The van der Waals surface area contributed by atoms with Gasteiger partial charge in [0.15, 0.2) is 11.6 Å². The van der Waals surface area contributed by atoms with Crippen molar-refractivity contribution in [3.63, 3.8) is 0 Å². The van der Waals surface area contributed by atoms with E-state index < -0.39 is 0 Å². The lowest BCUT2D eigenvalue weighted by Crippen LogP contribution is -2.13. The molecule has 0 saturated carbocycles. The fourth-order valence-corrected chi connectivity index (χ4v) is 3.20. The molecule has 0 aliphatic carbocycles. The third-order valence-electron chi connectivity index (χ3n) is 3.37. The number of H-pyrrole nitrogens is 1. The van der Waals surface area contributed by atoms with E-state index in [2.05, 4.69) is 31.1 Å². The first-order valence-corrected chi connectivity index (χ1v) is 8.85. The third kappa shape index (κ3) is 3.73. The number of hydrogen-bond donors (Lipinski definition) is 1. The summed E-state index contributed by atoms with van der Waals surface area (Å²) in [6.45, 7) is 1.80. The van der Waals surface area contributed by atoms with Crippen LogP contribution in [0.25, 0.3) is 11.4 Å². The zero-order chi connectivity index (χ0) is 17.1. The molecule has 0 unspecified atom stereocenters. The monoisotopic (exact) mass is 405 g/mol. The van der Waals surface area contributed by atoms with E-state index in [1.807, 2.05) is 12.1 Å². The number of halogens is 2. The number of carbonyl (C=O) groups is 1. The first-order valence-electron chi connectivity index (χ1n) is 7.18. The standard InChI is InChI=1S/C17H13BrFN3OS/c1-10(15(23)11-6-8-12(18)9-7-11)24-17-20-16(21-22-17)13-4-2-3-5-14(13)19/h2-10H,1H3,(H,20,21,22)/t10-/m0/s1. The first-order chi connectivity index (χ1) is 11.5. The molecule has 3 rings (SSSR count). The highest BCUT2D eigenvalue weighted by Crippen LogP contribution is 2.26. The summed E-state index contributed by atoms with van der Waals surface area (Å²) < 4.78 is 14.7. The molecule has 122 valence electrons. The number of hydrogen-bond acceptors (Lipinski definition) is 4. The number of ketones is 1. The van der Waals surface area contributed by atoms with Crippen LogP contribution in [0.4, 0.5) is 4.39 Å². The Kier molecular flexibility index (Phi) is 5.11. The Labute approximate surface area is 151 Å². The Bertz CT molecular complexity index is 866. The van der Waals surface area contributed by atoms with Crippen LogP contribution in [0.1, 0.15) is 17.3 Å². The Hall–Kier alpha value is -1.99. The summed E-state index contributed by atoms with van der Waals surface area (Å²) >= 11 is 4.58. The Morgan fingerprint density at radius 1 is 1.21 bits per heavy atom. The van der Waals surface area contributed by atoms with Crippen LogP contribution in [0.3, 0.4) is 0 Å². The molecule has 1 atom stereocenters. The van der Waals surface area contributed by atoms with Crippen LogP contribution < -0.4 is 0 Å². The van der Waals surface area contributed by atoms with E-state index in [1.54, 1.807) is 37.3 Å². The molecule has 1 heterocycles. The molecular formula is C17H13BrFN3OS. The number of Topliss-reactive ketones (excluding diaryl/α,β-unsaturated/α-hetero) is 1. The molecule has 0 aliphatic rings. The van der Waals surface area contributed by atoms with E-state index in [0.717, 1.165) is 4.47 Å². The summed E-state index contributed by atoms with van der Waals surface area (Å²) in [7, 11) is 0. The average molecular weight is 406 g/mol. The summed E-state index contributed by atoms with van der Waals surface area (Å²) in [4.78, 5) is 16.7. The summed E-state index contributed by atoms with van der Waals surface area (Å²) in [6.07, 6.45) is 0. The molecule has 0 amide bonds. The van der Waals surface area contributed by atoms with Gasteiger partial charge in [0.25, 0.3) is 0 Å². The summed E-state index contributed by atoms with van der Waals surface area (Å²) in [5.74, 6) is -0.0344. The lowest BCUT2D eigenvalue weighted by molar-refractivity contribution is 0.0994. The average Bonchev–Trinajstić information content (AvgIpc) is 3.03. The van der Waals surface area contributed by atoms with Gasteiger partial charge in [0, 0.05) is 10.0 Å². The minimum atomic E-state index is -0.371. The van der Waals surface area contributed by atoms with E-state index in [-0.39, 0.29) is 16.9 Å². The predicted octanol–water partition coefficient (Wildman–Crippen LogP) is 4.74. The van der Waals surface area contributed by atoms with E-state index >= 15 is 0 Å². The molecule has 2 aromatic carbocycles. The van der Waals surface area contributed by atoms with Gasteiger partial charge in [-0.1, -0.05) is 52.0 Å². The largest absolute Gasteiger partial charge is 0.293 e. The number of aromatic nitrogens is 3. The maximum absolute atomic E-state index is 13.8. The number of aromatic amines is 1. The van der Waals surface area contributed by atoms with Gasteiger partial charge in [-0.25, -0.2) is 9.37 Å². The molecule has 1 aromatic heterocycles. The van der Waals surface area contributed by atoms with Crippen LogP contribution in [0.15, 0.2) is 58.2 Å². The van der Waals surface area contributed by atoms with Gasteiger partial charge in [0.05, 0.1) is 10.8 Å². The number of thioether (sulfide) groups is 1. The van der Waals surface area contributed by atoms with Crippen LogP contribution in [-0.2, 0) is 0 Å². The van der Waals surface area contributed by atoms with Crippen molar-refractivity contribution >= 4 is 33.5 Å². The maximum atomic E-state index is 13.8. The second kappa shape index (κ2) is 7.27. The number of nitrogens with zero attached hydrogens (tertiary/aromatic N) is 2. The molecule has 24 heavy (non-hydrogen) atoms. The van der Waals surface area contributed by atoms with Crippen molar-refractivity contribution in [1.82, 2.24) is 15.2 Å². The van der Waals surface area contributed by atoms with Gasteiger partial charge >= 0.3 is 0 Å². The van der Waals surface area contributed by atoms with E-state index in [1.165, 1.54) is 17.8 Å². The molecule has 0 radical (unpaired) electrons. The van der Waals surface area contributed by atoms with E-state index in [9.17, 15) is 9.18 Å². The van der Waals surface area contributed by atoms with E-state index in [4.69, 9.17) is 0 Å². The fraction of sp³-hybridized carbons (Fsp3) is 0.118. The SMILES string of the molecule is C[C@H](Sc1n[nH]c(-c2ccccc2F)n1)C(=O)c1ccc(Br)cc1. The van der Waals surface area contributed by atoms with Crippen LogP contribution in [0.5, 0.6) is 0 Å². The van der Waals surface area contributed by atoms with Crippen molar-refractivity contribution in [3.05, 3.63) is 64.4 Å². The van der Waals surface area contributed by atoms with Gasteiger partial charge in [-0.2, -0.15) is 0 Å². The van der Waals surface area contributed by atoms with Gasteiger partial charge in [0.2, 0.25) is 5.16 Å². The summed E-state index contributed by atoms with van der Waals surface area (Å²) in [5.41, 5.74) is 0.979. The molecule has 0 fully saturated rings. The van der Waals surface area contributed by atoms with Gasteiger partial charge in [0.1, 0.15) is 5.82 Å².